The van der Waals surface area contributed by atoms with Crippen molar-refractivity contribution in [2.45, 2.75) is 12.1 Å². The third kappa shape index (κ3) is 3.59. The lowest BCUT2D eigenvalue weighted by atomic mass is 10.1. The molecule has 20 heavy (non-hydrogen) atoms. The van der Waals surface area contributed by atoms with E-state index in [4.69, 9.17) is 12.4 Å². The number of nitrogens with one attached hydrogen (secondary N) is 2. The van der Waals surface area contributed by atoms with Crippen LogP contribution in [0.1, 0.15) is 20.7 Å². The van der Waals surface area contributed by atoms with Crippen molar-refractivity contribution in [2.24, 2.45) is 0 Å². The summed E-state index contributed by atoms with van der Waals surface area (Å²) in [6, 6.07) is 3.40. The molecule has 1 heterocycles. The molecule has 0 atom stereocenters. The van der Waals surface area contributed by atoms with Gasteiger partial charge in [0.15, 0.2) is 1.41 Å². The van der Waals surface area contributed by atoms with Gasteiger partial charge in [-0.3, -0.25) is 0 Å². The molecule has 1 aromatic carbocycles. The van der Waals surface area contributed by atoms with Crippen LogP contribution >= 0.6 is 0 Å². The average Bonchev–Trinajstić information content (AvgIpc) is 2.89. The average molecular weight is 304 g/mol. The molecule has 2 aromatic rings. The summed E-state index contributed by atoms with van der Waals surface area (Å²) in [5, 5.41) is 0.119. The van der Waals surface area contributed by atoms with E-state index >= 15 is 0 Å². The maximum absolute atomic E-state index is 12.4. The number of hydrogen-bond acceptors (Lipinski definition) is 3. The molecule has 6 heteroatoms. The molecule has 0 aliphatic carbocycles. The van der Waals surface area contributed by atoms with Crippen LogP contribution in [0.4, 0.5) is 0 Å². The van der Waals surface area contributed by atoms with Crippen LogP contribution in [0, 0.1) is 0 Å². The molecule has 0 saturated heterocycles. The Morgan fingerprint density at radius 1 is 1.55 bits per heavy atom. The number of hydrogen-bond donors (Lipinski definition) is 2. The third-order valence-electron chi connectivity index (χ3n) is 2.57. The van der Waals surface area contributed by atoms with Crippen LogP contribution in [0.25, 0.3) is 10.9 Å². The van der Waals surface area contributed by atoms with E-state index in [9.17, 15) is 8.42 Å². The maximum Gasteiger partial charge on any atom is 0.215 e. The van der Waals surface area contributed by atoms with Crippen molar-refractivity contribution in [1.82, 2.24) is 14.6 Å². The van der Waals surface area contributed by atoms with Crippen molar-refractivity contribution in [3.05, 3.63) is 35.5 Å². The third-order valence-corrected chi connectivity index (χ3v) is 3.31. The summed E-state index contributed by atoms with van der Waals surface area (Å²) in [4.78, 5) is 2.49. The monoisotopic (exact) mass is 304 g/mol. The molecule has 0 amide bonds. The Labute approximate surface area is 132 Å². The fraction of sp³-hybridized carbons (Fsp3) is 0.429. The lowest BCUT2D eigenvalue weighted by molar-refractivity contribution is 0.414. The van der Waals surface area contributed by atoms with Gasteiger partial charge in [0.25, 0.3) is 0 Å². The second kappa shape index (κ2) is 5.95. The molecule has 0 fully saturated rings. The van der Waals surface area contributed by atoms with Crippen molar-refractivity contribution in [2.75, 3.05) is 27.6 Å². The van der Waals surface area contributed by atoms with Gasteiger partial charge in [-0.2, -0.15) is 0 Å². The lowest BCUT2D eigenvalue weighted by Crippen LogP contribution is -2.20. The highest BCUT2D eigenvalue weighted by atomic mass is 32.2. The quantitative estimate of drug-likeness (QED) is 0.846. The minimum absolute atomic E-state index is 0.0406. The number of aromatic nitrogens is 1. The first-order valence-electron chi connectivity index (χ1n) is 10.2. The highest BCUT2D eigenvalue weighted by Crippen LogP contribution is 2.21. The van der Waals surface area contributed by atoms with Crippen LogP contribution in [0.3, 0.4) is 0 Å². The highest BCUT2D eigenvalue weighted by molar-refractivity contribution is 7.88. The summed E-state index contributed by atoms with van der Waals surface area (Å²) in [7, 11) is -1.95. The number of rotatable bonds is 6. The Hall–Kier alpha value is -1.37. The smallest absolute Gasteiger partial charge is 0.215 e. The number of benzene rings is 1. The van der Waals surface area contributed by atoms with Gasteiger partial charge in [0.2, 0.25) is 10.0 Å². The van der Waals surface area contributed by atoms with E-state index in [0.29, 0.717) is 0 Å². The molecule has 0 radical (unpaired) electrons. The van der Waals surface area contributed by atoms with Crippen molar-refractivity contribution in [1.29, 1.82) is 0 Å². The van der Waals surface area contributed by atoms with Gasteiger partial charge in [0, 0.05) is 33.2 Å². The number of sulfonamides is 1. The standard InChI is InChI=1S/C14H21N3O2S/c1-15-20(18,19)10-11-4-5-14-13(8-11)12(9-16-14)6-7-17(2)3/h4-5,8-9,15-16H,6-7,10H2,1-3H3/i1D3,6D2,10D2/hD2. The number of likely N-dealkylation sites (N-methyl/N-ethyl adjacent to an activating group) is 1. The molecule has 5 nitrogen and oxygen atoms in total. The minimum Gasteiger partial charge on any atom is -0.361 e. The Kier molecular flexibility index (Phi) is 2.10. The van der Waals surface area contributed by atoms with Crippen molar-refractivity contribution in [3.63, 3.8) is 0 Å². The second-order valence-corrected chi connectivity index (χ2v) is 5.82. The van der Waals surface area contributed by atoms with Gasteiger partial charge < -0.3 is 9.88 Å². The van der Waals surface area contributed by atoms with Crippen LogP contribution in [0.2, 0.25) is 2.82 Å². The lowest BCUT2D eigenvalue weighted by Gasteiger charge is -2.08. The molecule has 0 unspecified atom stereocenters. The number of H-pyrrole nitrogens is 1. The molecular formula is C14H21N3O2S. The van der Waals surface area contributed by atoms with E-state index in [-0.39, 0.29) is 23.0 Å². The van der Waals surface area contributed by atoms with E-state index in [1.54, 1.807) is 19.0 Å². The van der Waals surface area contributed by atoms with Crippen LogP contribution in [-0.4, -0.2) is 45.9 Å². The van der Waals surface area contributed by atoms with Gasteiger partial charge in [-0.1, -0.05) is 6.07 Å². The Morgan fingerprint density at radius 3 is 3.05 bits per heavy atom. The summed E-state index contributed by atoms with van der Waals surface area (Å²) in [5.41, 5.74) is -3.46. The topological polar surface area (TPSA) is 65.2 Å². The molecule has 0 bridgehead atoms. The summed E-state index contributed by atoms with van der Waals surface area (Å²) in [6.07, 6.45) is -0.709. The van der Waals surface area contributed by atoms with E-state index in [0.717, 1.165) is 17.1 Å². The summed E-state index contributed by atoms with van der Waals surface area (Å²) in [6.45, 7) is -3.43. The van der Waals surface area contributed by atoms with Crippen molar-refractivity contribution >= 4 is 20.9 Å². The first kappa shape index (κ1) is 7.06. The van der Waals surface area contributed by atoms with Crippen LogP contribution in [0.15, 0.2) is 24.4 Å². The summed E-state index contributed by atoms with van der Waals surface area (Å²) < 4.78 is 93.4. The van der Waals surface area contributed by atoms with Gasteiger partial charge in [0.1, 0.15) is 1.41 Å². The predicted octanol–water partition coefficient (Wildman–Crippen LogP) is 1.32. The molecule has 0 aliphatic heterocycles. The van der Waals surface area contributed by atoms with Crippen LogP contribution < -0.4 is 4.72 Å². The van der Waals surface area contributed by atoms with Gasteiger partial charge in [0.05, 0.1) is 5.70 Å². The van der Waals surface area contributed by atoms with E-state index in [1.165, 1.54) is 12.3 Å². The zero-order valence-electron chi connectivity index (χ0n) is 20.1. The SMILES string of the molecule is [2H]N(C([2H])([2H])[2H])S(=O)(=O)C([2H])([2H])c1ccc2c(c1)c(C([2H])([2H])CN(C)C)cn2[2H]. The molecule has 110 valence electrons. The maximum atomic E-state index is 12.4. The second-order valence-electron chi connectivity index (χ2n) is 4.49. The van der Waals surface area contributed by atoms with Crippen LogP contribution in [0.5, 0.6) is 0 Å². The number of fused-ring (bicyclic) bond motifs is 1. The largest absolute Gasteiger partial charge is 0.361 e. The highest BCUT2D eigenvalue weighted by Gasteiger charge is 2.11. The van der Waals surface area contributed by atoms with E-state index < -0.39 is 39.4 Å². The van der Waals surface area contributed by atoms with Crippen LogP contribution in [-0.2, 0) is 22.1 Å². The summed E-state index contributed by atoms with van der Waals surface area (Å²) in [5.74, 6) is 0. The van der Waals surface area contributed by atoms with E-state index in [1.807, 2.05) is 0 Å². The fourth-order valence-electron chi connectivity index (χ4n) is 1.69. The molecule has 2 rings (SSSR count). The Balaban J connectivity index is 2.68. The first-order valence-corrected chi connectivity index (χ1v) is 7.21. The molecule has 0 aliphatic rings. The van der Waals surface area contributed by atoms with Gasteiger partial charge in [-0.05, 0) is 50.7 Å². The normalized spacial score (nSPS) is 21.3. The zero-order valence-corrected chi connectivity index (χ0v) is 11.9. The Bertz CT molecular complexity index is 1020. The number of nitrogens with zero attached hydrogens (tertiary/aromatic N) is 1. The van der Waals surface area contributed by atoms with Gasteiger partial charge >= 0.3 is 0 Å². The molecule has 1 aromatic heterocycles. The summed E-state index contributed by atoms with van der Waals surface area (Å²) >= 11 is 0. The zero-order chi connectivity index (χ0) is 22.6. The molecule has 0 saturated carbocycles. The first-order chi connectivity index (χ1) is 12.9. The Morgan fingerprint density at radius 2 is 2.35 bits per heavy atom. The molecular weight excluding hydrogens is 274 g/mol. The minimum atomic E-state index is -5.26. The molecule has 0 spiro atoms. The van der Waals surface area contributed by atoms with Crippen molar-refractivity contribution in [3.8, 4) is 0 Å². The number of aromatic amines is 1. The fourth-order valence-corrected chi connectivity index (χ4v) is 2.16. The van der Waals surface area contributed by atoms with Crippen molar-refractivity contribution < 1.29 is 20.8 Å². The van der Waals surface area contributed by atoms with Gasteiger partial charge in [-0.25, -0.2) is 13.1 Å². The van der Waals surface area contributed by atoms with E-state index in [2.05, 4.69) is 0 Å². The molecule has 2 N–H and O–H groups in total. The predicted molar refractivity (Wildman–Crippen MR) is 82.2 cm³/mol. The van der Waals surface area contributed by atoms with Gasteiger partial charge in [-0.15, -0.1) is 0 Å².